The predicted octanol–water partition coefficient (Wildman–Crippen LogP) is 2.91. The van der Waals surface area contributed by atoms with Gasteiger partial charge in [0.2, 0.25) is 5.89 Å². The van der Waals surface area contributed by atoms with Crippen molar-refractivity contribution in [2.24, 2.45) is 4.99 Å². The van der Waals surface area contributed by atoms with Crippen molar-refractivity contribution in [1.29, 1.82) is 0 Å². The number of hydrogen-bond acceptors (Lipinski definition) is 5. The van der Waals surface area contributed by atoms with Gasteiger partial charge < -0.3 is 15.2 Å². The summed E-state index contributed by atoms with van der Waals surface area (Å²) in [5.74, 6) is 2.17. The summed E-state index contributed by atoms with van der Waals surface area (Å²) in [7, 11) is 0. The topological polar surface area (TPSA) is 93.2 Å². The molecule has 156 valence electrons. The monoisotopic (exact) mass is 509 g/mol. The number of benzene rings is 1. The molecule has 8 nitrogen and oxygen atoms in total. The summed E-state index contributed by atoms with van der Waals surface area (Å²) >= 11 is 0. The zero-order chi connectivity index (χ0) is 19.6. The standard InChI is InChI=1S/C20H27N7O.HI/c1-3-21-20(22-12-4-6-19-25-16(2)26-28-19)23-14-11-17-7-9-18(10-8-17)27-15-5-13-24-27;/h5,7-10,13,15H,3-4,6,11-12,14H2,1-2H3,(H2,21,22,23);1H. The minimum Gasteiger partial charge on any atom is -0.357 e. The average molecular weight is 509 g/mol. The van der Waals surface area contributed by atoms with Crippen LogP contribution in [0.5, 0.6) is 0 Å². The van der Waals surface area contributed by atoms with Crippen LogP contribution in [0.4, 0.5) is 0 Å². The Morgan fingerprint density at radius 3 is 2.66 bits per heavy atom. The molecule has 2 heterocycles. The third kappa shape index (κ3) is 7.48. The van der Waals surface area contributed by atoms with Crippen LogP contribution in [-0.4, -0.2) is 45.5 Å². The van der Waals surface area contributed by atoms with E-state index < -0.39 is 0 Å². The first-order valence-electron chi connectivity index (χ1n) is 9.65. The number of nitrogens with one attached hydrogen (secondary N) is 2. The first kappa shape index (κ1) is 22.9. The molecule has 29 heavy (non-hydrogen) atoms. The predicted molar refractivity (Wildman–Crippen MR) is 124 cm³/mol. The van der Waals surface area contributed by atoms with Gasteiger partial charge in [-0.2, -0.15) is 10.1 Å². The van der Waals surface area contributed by atoms with E-state index in [9.17, 15) is 0 Å². The van der Waals surface area contributed by atoms with Gasteiger partial charge in [-0.1, -0.05) is 17.3 Å². The van der Waals surface area contributed by atoms with E-state index in [2.05, 4.69) is 62.1 Å². The number of aliphatic imine (C=N–C) groups is 1. The lowest BCUT2D eigenvalue weighted by Crippen LogP contribution is -2.38. The molecule has 0 fully saturated rings. The molecule has 2 N–H and O–H groups in total. The lowest BCUT2D eigenvalue weighted by molar-refractivity contribution is 0.372. The number of nitrogens with zero attached hydrogens (tertiary/aromatic N) is 5. The van der Waals surface area contributed by atoms with Crippen LogP contribution >= 0.6 is 24.0 Å². The van der Waals surface area contributed by atoms with E-state index in [-0.39, 0.29) is 24.0 Å². The van der Waals surface area contributed by atoms with Crippen molar-refractivity contribution in [2.75, 3.05) is 19.6 Å². The molecule has 0 unspecified atom stereocenters. The van der Waals surface area contributed by atoms with E-state index in [1.54, 1.807) is 6.20 Å². The molecule has 0 saturated heterocycles. The highest BCUT2D eigenvalue weighted by atomic mass is 127. The van der Waals surface area contributed by atoms with Gasteiger partial charge >= 0.3 is 0 Å². The number of hydrogen-bond donors (Lipinski definition) is 2. The molecule has 0 saturated carbocycles. The number of aromatic nitrogens is 4. The third-order valence-electron chi connectivity index (χ3n) is 4.14. The van der Waals surface area contributed by atoms with Crippen molar-refractivity contribution in [3.8, 4) is 5.69 Å². The van der Waals surface area contributed by atoms with Gasteiger partial charge in [0.1, 0.15) is 0 Å². The van der Waals surface area contributed by atoms with Crippen molar-refractivity contribution in [3.05, 3.63) is 60.0 Å². The zero-order valence-electron chi connectivity index (χ0n) is 16.8. The molecule has 3 aromatic rings. The van der Waals surface area contributed by atoms with Gasteiger partial charge in [-0.05, 0) is 50.5 Å². The van der Waals surface area contributed by atoms with Crippen molar-refractivity contribution < 1.29 is 4.52 Å². The van der Waals surface area contributed by atoms with E-state index >= 15 is 0 Å². The van der Waals surface area contributed by atoms with Crippen LogP contribution in [-0.2, 0) is 12.8 Å². The fourth-order valence-corrected chi connectivity index (χ4v) is 2.77. The van der Waals surface area contributed by atoms with Crippen molar-refractivity contribution >= 4 is 29.9 Å². The lowest BCUT2D eigenvalue weighted by atomic mass is 10.1. The average Bonchev–Trinajstić information content (AvgIpc) is 3.38. The third-order valence-corrected chi connectivity index (χ3v) is 4.14. The molecular formula is C20H28IN7O. The van der Waals surface area contributed by atoms with Crippen LogP contribution in [0.25, 0.3) is 5.69 Å². The molecule has 0 spiro atoms. The molecule has 0 bridgehead atoms. The number of halogens is 1. The Morgan fingerprint density at radius 2 is 2.00 bits per heavy atom. The first-order valence-corrected chi connectivity index (χ1v) is 9.65. The Labute approximate surface area is 188 Å². The Balaban J connectivity index is 0.00000300. The maximum atomic E-state index is 5.12. The van der Waals surface area contributed by atoms with Gasteiger partial charge in [0.15, 0.2) is 11.8 Å². The molecule has 0 amide bonds. The van der Waals surface area contributed by atoms with Gasteiger partial charge in [0.25, 0.3) is 0 Å². The molecule has 0 aliphatic rings. The molecule has 1 aromatic carbocycles. The van der Waals surface area contributed by atoms with Crippen LogP contribution in [0.15, 0.2) is 52.2 Å². The van der Waals surface area contributed by atoms with Crippen molar-refractivity contribution in [1.82, 2.24) is 30.6 Å². The minimum atomic E-state index is 0. The summed E-state index contributed by atoms with van der Waals surface area (Å²) in [4.78, 5) is 8.81. The van der Waals surface area contributed by atoms with E-state index in [1.165, 1.54) is 5.56 Å². The van der Waals surface area contributed by atoms with Crippen LogP contribution in [0.3, 0.4) is 0 Å². The summed E-state index contributed by atoms with van der Waals surface area (Å²) in [5, 5.41) is 14.7. The molecule has 0 radical (unpaired) electrons. The highest BCUT2D eigenvalue weighted by Crippen LogP contribution is 2.08. The fraction of sp³-hybridized carbons (Fsp3) is 0.400. The van der Waals surface area contributed by atoms with E-state index in [1.807, 2.05) is 23.9 Å². The Hall–Kier alpha value is -2.43. The molecule has 0 aliphatic heterocycles. The van der Waals surface area contributed by atoms with E-state index in [0.29, 0.717) is 18.3 Å². The lowest BCUT2D eigenvalue weighted by Gasteiger charge is -2.11. The maximum Gasteiger partial charge on any atom is 0.226 e. The summed E-state index contributed by atoms with van der Waals surface area (Å²) in [6.45, 7) is 6.23. The second kappa shape index (κ2) is 12.2. The zero-order valence-corrected chi connectivity index (χ0v) is 19.2. The molecule has 9 heteroatoms. The van der Waals surface area contributed by atoms with Gasteiger partial charge in [-0.25, -0.2) is 4.68 Å². The van der Waals surface area contributed by atoms with E-state index in [4.69, 9.17) is 4.52 Å². The molecule has 3 rings (SSSR count). The maximum absolute atomic E-state index is 5.12. The van der Waals surface area contributed by atoms with Crippen molar-refractivity contribution in [3.63, 3.8) is 0 Å². The second-order valence-corrected chi connectivity index (χ2v) is 6.39. The molecule has 2 aromatic heterocycles. The van der Waals surface area contributed by atoms with Crippen LogP contribution < -0.4 is 10.6 Å². The van der Waals surface area contributed by atoms with Gasteiger partial charge in [0.05, 0.1) is 5.69 Å². The SMILES string of the molecule is CCNC(=NCCCc1nc(C)no1)NCCc1ccc(-n2cccn2)cc1.I. The number of aryl methyl sites for hydroxylation is 2. The summed E-state index contributed by atoms with van der Waals surface area (Å²) in [5.41, 5.74) is 2.33. The van der Waals surface area contributed by atoms with E-state index in [0.717, 1.165) is 44.0 Å². The number of rotatable bonds is 9. The second-order valence-electron chi connectivity index (χ2n) is 6.39. The first-order chi connectivity index (χ1) is 13.7. The quantitative estimate of drug-likeness (QED) is 0.200. The highest BCUT2D eigenvalue weighted by molar-refractivity contribution is 14.0. The summed E-state index contributed by atoms with van der Waals surface area (Å²) < 4.78 is 6.97. The van der Waals surface area contributed by atoms with Crippen LogP contribution in [0.1, 0.15) is 30.6 Å². The summed E-state index contributed by atoms with van der Waals surface area (Å²) in [6.07, 6.45) is 6.25. The summed E-state index contributed by atoms with van der Waals surface area (Å²) in [6, 6.07) is 10.4. The Bertz CT molecular complexity index is 859. The Kier molecular flexibility index (Phi) is 9.62. The minimum absolute atomic E-state index is 0. The molecular weight excluding hydrogens is 481 g/mol. The van der Waals surface area contributed by atoms with Crippen molar-refractivity contribution in [2.45, 2.75) is 33.1 Å². The largest absolute Gasteiger partial charge is 0.357 e. The molecule has 0 aliphatic carbocycles. The van der Waals surface area contributed by atoms with Gasteiger partial charge in [-0.15, -0.1) is 24.0 Å². The van der Waals surface area contributed by atoms with Crippen LogP contribution in [0, 0.1) is 6.92 Å². The highest BCUT2D eigenvalue weighted by Gasteiger charge is 2.03. The fourth-order valence-electron chi connectivity index (χ4n) is 2.77. The molecule has 0 atom stereocenters. The van der Waals surface area contributed by atoms with Crippen LogP contribution in [0.2, 0.25) is 0 Å². The number of guanidine groups is 1. The van der Waals surface area contributed by atoms with Gasteiger partial charge in [-0.3, -0.25) is 4.99 Å². The smallest absolute Gasteiger partial charge is 0.226 e. The van der Waals surface area contributed by atoms with Gasteiger partial charge in [0, 0.05) is 38.4 Å². The Morgan fingerprint density at radius 1 is 1.17 bits per heavy atom. The normalized spacial score (nSPS) is 11.2.